The van der Waals surface area contributed by atoms with Crippen LogP contribution in [0.3, 0.4) is 0 Å². The predicted molar refractivity (Wildman–Crippen MR) is 73.1 cm³/mol. The van der Waals surface area contributed by atoms with E-state index in [1.807, 2.05) is 0 Å². The minimum Gasteiger partial charge on any atom is -0.316 e. The molecule has 0 aromatic carbocycles. The molecule has 0 radical (unpaired) electrons. The van der Waals surface area contributed by atoms with E-state index in [1.165, 1.54) is 50.5 Å². The minimum absolute atomic E-state index is 0.781. The largest absolute Gasteiger partial charge is 0.316 e. The van der Waals surface area contributed by atoms with Gasteiger partial charge in [0.05, 0.1) is 0 Å². The van der Waals surface area contributed by atoms with Crippen LogP contribution in [-0.2, 0) is 0 Å². The molecule has 16 heavy (non-hydrogen) atoms. The smallest absolute Gasteiger partial charge is 0.0194 e. The number of hydrogen-bond acceptors (Lipinski definition) is 3. The van der Waals surface area contributed by atoms with E-state index in [4.69, 9.17) is 0 Å². The average Bonchev–Trinajstić information content (AvgIpc) is 2.85. The normalized spacial score (nSPS) is 31.7. The second-order valence-electron chi connectivity index (χ2n) is 5.72. The van der Waals surface area contributed by atoms with Crippen LogP contribution < -0.4 is 5.32 Å². The fourth-order valence-corrected chi connectivity index (χ4v) is 4.00. The molecule has 94 valence electrons. The molecule has 2 atom stereocenters. The molecule has 0 aromatic heterocycles. The molecule has 0 saturated carbocycles. The number of thioether (sulfide) groups is 1. The summed E-state index contributed by atoms with van der Waals surface area (Å²) < 4.78 is 0. The monoisotopic (exact) mass is 242 g/mol. The Labute approximate surface area is 105 Å². The van der Waals surface area contributed by atoms with Crippen LogP contribution in [0.5, 0.6) is 0 Å². The third-order valence-corrected chi connectivity index (χ3v) is 4.87. The van der Waals surface area contributed by atoms with Crippen molar-refractivity contribution in [2.75, 3.05) is 37.7 Å². The Bertz CT molecular complexity index is 202. The van der Waals surface area contributed by atoms with Crippen LogP contribution >= 0.6 is 11.8 Å². The van der Waals surface area contributed by atoms with Crippen molar-refractivity contribution in [1.82, 2.24) is 10.2 Å². The Morgan fingerprint density at radius 1 is 1.38 bits per heavy atom. The molecule has 0 amide bonds. The fraction of sp³-hybridized carbons (Fsp3) is 1.00. The van der Waals surface area contributed by atoms with Gasteiger partial charge in [-0.25, -0.2) is 0 Å². The molecule has 2 nitrogen and oxygen atoms in total. The summed E-state index contributed by atoms with van der Waals surface area (Å²) in [6, 6.07) is 0.903. The zero-order chi connectivity index (χ0) is 11.4. The predicted octanol–water partition coefficient (Wildman–Crippen LogP) is 2.06. The van der Waals surface area contributed by atoms with Crippen LogP contribution in [-0.4, -0.2) is 48.6 Å². The summed E-state index contributed by atoms with van der Waals surface area (Å²) >= 11 is 2.13. The van der Waals surface area contributed by atoms with Crippen LogP contribution in [0.15, 0.2) is 0 Å². The summed E-state index contributed by atoms with van der Waals surface area (Å²) in [7, 11) is 0. The van der Waals surface area contributed by atoms with Crippen LogP contribution in [0.4, 0.5) is 0 Å². The van der Waals surface area contributed by atoms with Gasteiger partial charge < -0.3 is 5.32 Å². The summed E-state index contributed by atoms with van der Waals surface area (Å²) in [5, 5.41) is 3.61. The van der Waals surface area contributed by atoms with E-state index in [-0.39, 0.29) is 0 Å². The fourth-order valence-electron chi connectivity index (χ4n) is 2.75. The summed E-state index contributed by atoms with van der Waals surface area (Å²) in [5.41, 5.74) is 0. The molecule has 0 aromatic rings. The van der Waals surface area contributed by atoms with E-state index < -0.39 is 0 Å². The van der Waals surface area contributed by atoms with Crippen molar-refractivity contribution in [3.05, 3.63) is 0 Å². The summed E-state index contributed by atoms with van der Waals surface area (Å²) in [6.07, 6.45) is 2.84. The third kappa shape index (κ3) is 3.64. The minimum atomic E-state index is 0.781. The molecule has 2 rings (SSSR count). The van der Waals surface area contributed by atoms with Crippen LogP contribution in [0, 0.1) is 11.8 Å². The van der Waals surface area contributed by atoms with E-state index in [9.17, 15) is 0 Å². The first-order chi connectivity index (χ1) is 7.75. The molecule has 0 aliphatic carbocycles. The molecule has 2 heterocycles. The molecule has 2 aliphatic rings. The van der Waals surface area contributed by atoms with Gasteiger partial charge in [-0.1, -0.05) is 13.8 Å². The van der Waals surface area contributed by atoms with Gasteiger partial charge in [0.1, 0.15) is 0 Å². The quantitative estimate of drug-likeness (QED) is 0.794. The van der Waals surface area contributed by atoms with Crippen LogP contribution in [0.25, 0.3) is 0 Å². The molecule has 2 fully saturated rings. The van der Waals surface area contributed by atoms with Crippen molar-refractivity contribution in [2.45, 2.75) is 32.7 Å². The first-order valence-corrected chi connectivity index (χ1v) is 7.93. The Morgan fingerprint density at radius 3 is 2.94 bits per heavy atom. The number of rotatable bonds is 5. The highest BCUT2D eigenvalue weighted by Gasteiger charge is 2.29. The maximum Gasteiger partial charge on any atom is 0.0194 e. The maximum absolute atomic E-state index is 3.61. The van der Waals surface area contributed by atoms with Gasteiger partial charge >= 0.3 is 0 Å². The van der Waals surface area contributed by atoms with Crippen molar-refractivity contribution >= 4 is 11.8 Å². The van der Waals surface area contributed by atoms with Crippen molar-refractivity contribution < 1.29 is 0 Å². The molecular weight excluding hydrogens is 216 g/mol. The lowest BCUT2D eigenvalue weighted by Crippen LogP contribution is -2.34. The van der Waals surface area contributed by atoms with E-state index in [2.05, 4.69) is 35.8 Å². The number of likely N-dealkylation sites (tertiary alicyclic amines) is 1. The van der Waals surface area contributed by atoms with Crippen molar-refractivity contribution in [1.29, 1.82) is 0 Å². The second-order valence-corrected chi connectivity index (χ2v) is 6.87. The van der Waals surface area contributed by atoms with Gasteiger partial charge in [-0.3, -0.25) is 4.90 Å². The van der Waals surface area contributed by atoms with E-state index >= 15 is 0 Å². The van der Waals surface area contributed by atoms with Crippen molar-refractivity contribution in [3.63, 3.8) is 0 Å². The lowest BCUT2D eigenvalue weighted by atomic mass is 10.1. The lowest BCUT2D eigenvalue weighted by Gasteiger charge is -2.23. The van der Waals surface area contributed by atoms with Crippen LogP contribution in [0.2, 0.25) is 0 Å². The molecule has 2 aliphatic heterocycles. The van der Waals surface area contributed by atoms with Crippen molar-refractivity contribution in [2.24, 2.45) is 11.8 Å². The highest BCUT2D eigenvalue weighted by atomic mass is 32.2. The molecule has 3 heteroatoms. The Hall–Kier alpha value is 0.270. The van der Waals surface area contributed by atoms with Crippen molar-refractivity contribution in [3.8, 4) is 0 Å². The first kappa shape index (κ1) is 12.7. The number of nitrogens with one attached hydrogen (secondary N) is 1. The summed E-state index contributed by atoms with van der Waals surface area (Å²) in [5.74, 6) is 4.46. The maximum atomic E-state index is 3.61. The molecule has 0 spiro atoms. The molecule has 2 saturated heterocycles. The van der Waals surface area contributed by atoms with E-state index in [1.54, 1.807) is 0 Å². The number of hydrogen-bond donors (Lipinski definition) is 1. The number of nitrogens with zero attached hydrogens (tertiary/aromatic N) is 1. The standard InChI is InChI=1S/C13H26N2S/c1-11(2)7-14-8-12-3-5-15(9-12)13-4-6-16-10-13/h11-14H,3-10H2,1-2H3. The van der Waals surface area contributed by atoms with Gasteiger partial charge in [-0.05, 0) is 50.1 Å². The third-order valence-electron chi connectivity index (χ3n) is 3.72. The zero-order valence-electron chi connectivity index (χ0n) is 10.7. The van der Waals surface area contributed by atoms with Gasteiger partial charge in [0.2, 0.25) is 0 Å². The topological polar surface area (TPSA) is 15.3 Å². The lowest BCUT2D eigenvalue weighted by molar-refractivity contribution is 0.252. The molecular formula is C13H26N2S. The summed E-state index contributed by atoms with van der Waals surface area (Å²) in [6.45, 7) is 9.66. The molecule has 2 unspecified atom stereocenters. The first-order valence-electron chi connectivity index (χ1n) is 6.78. The Morgan fingerprint density at radius 2 is 2.25 bits per heavy atom. The van der Waals surface area contributed by atoms with Crippen LogP contribution in [0.1, 0.15) is 26.7 Å². The SMILES string of the molecule is CC(C)CNCC1CCN(C2CCSC2)C1. The Balaban J connectivity index is 1.63. The van der Waals surface area contributed by atoms with E-state index in [0.717, 1.165) is 17.9 Å². The summed E-state index contributed by atoms with van der Waals surface area (Å²) in [4.78, 5) is 2.74. The molecule has 1 N–H and O–H groups in total. The van der Waals surface area contributed by atoms with Gasteiger partial charge in [-0.15, -0.1) is 0 Å². The van der Waals surface area contributed by atoms with Gasteiger partial charge in [-0.2, -0.15) is 11.8 Å². The van der Waals surface area contributed by atoms with E-state index in [0.29, 0.717) is 0 Å². The van der Waals surface area contributed by atoms with Gasteiger partial charge in [0.15, 0.2) is 0 Å². The highest BCUT2D eigenvalue weighted by molar-refractivity contribution is 7.99. The highest BCUT2D eigenvalue weighted by Crippen LogP contribution is 2.27. The average molecular weight is 242 g/mol. The van der Waals surface area contributed by atoms with Gasteiger partial charge in [0.25, 0.3) is 0 Å². The van der Waals surface area contributed by atoms with Gasteiger partial charge in [0, 0.05) is 18.3 Å². The zero-order valence-corrected chi connectivity index (χ0v) is 11.6. The second kappa shape index (κ2) is 6.27. The molecule has 0 bridgehead atoms. The Kier molecular flexibility index (Phi) is 4.98.